The second-order valence-electron chi connectivity index (χ2n) is 3.96. The Bertz CT molecular complexity index is 595. The molecule has 1 heterocycles. The third kappa shape index (κ3) is 2.74. The Morgan fingerprint density at radius 1 is 1.21 bits per heavy atom. The Morgan fingerprint density at radius 2 is 1.95 bits per heavy atom. The van der Waals surface area contributed by atoms with Gasteiger partial charge >= 0.3 is 6.18 Å². The smallest absolute Gasteiger partial charge is 0.369 e. The predicted octanol–water partition coefficient (Wildman–Crippen LogP) is 3.61. The minimum atomic E-state index is -4.71. The standard InChI is InChI=1S/C12H11F4N3/c1-2-6-17-10-7-4-3-5-8(13)9(7)18-11(19-10)12(14,15)16/h3-5H,2,6H2,1H3,(H,17,18,19). The maximum Gasteiger partial charge on any atom is 0.451 e. The predicted molar refractivity (Wildman–Crippen MR) is 63.3 cm³/mol. The number of aromatic nitrogens is 2. The van der Waals surface area contributed by atoms with Crippen molar-refractivity contribution in [1.82, 2.24) is 9.97 Å². The minimum Gasteiger partial charge on any atom is -0.369 e. The summed E-state index contributed by atoms with van der Waals surface area (Å²) in [5.41, 5.74) is -0.330. The molecule has 0 aliphatic heterocycles. The van der Waals surface area contributed by atoms with Crippen molar-refractivity contribution in [3.05, 3.63) is 29.8 Å². The zero-order chi connectivity index (χ0) is 14.0. The van der Waals surface area contributed by atoms with Crippen molar-refractivity contribution in [2.75, 3.05) is 11.9 Å². The summed E-state index contributed by atoms with van der Waals surface area (Å²) in [7, 11) is 0. The molecule has 3 nitrogen and oxygen atoms in total. The van der Waals surface area contributed by atoms with Crippen molar-refractivity contribution in [1.29, 1.82) is 0 Å². The van der Waals surface area contributed by atoms with E-state index in [1.54, 1.807) is 0 Å². The quantitative estimate of drug-likeness (QED) is 0.868. The SMILES string of the molecule is CCCNc1nc(C(F)(F)F)nc2c(F)cccc12. The van der Waals surface area contributed by atoms with Crippen LogP contribution in [0.15, 0.2) is 18.2 Å². The van der Waals surface area contributed by atoms with Crippen molar-refractivity contribution >= 4 is 16.7 Å². The van der Waals surface area contributed by atoms with Gasteiger partial charge in [-0.15, -0.1) is 0 Å². The molecule has 2 rings (SSSR count). The van der Waals surface area contributed by atoms with Crippen LogP contribution in [0.3, 0.4) is 0 Å². The van der Waals surface area contributed by atoms with Gasteiger partial charge in [-0.25, -0.2) is 14.4 Å². The van der Waals surface area contributed by atoms with E-state index >= 15 is 0 Å². The van der Waals surface area contributed by atoms with Gasteiger partial charge in [0.15, 0.2) is 0 Å². The molecule has 102 valence electrons. The molecule has 0 spiro atoms. The van der Waals surface area contributed by atoms with Gasteiger partial charge < -0.3 is 5.32 Å². The first kappa shape index (κ1) is 13.5. The molecular formula is C12H11F4N3. The van der Waals surface area contributed by atoms with E-state index in [2.05, 4.69) is 15.3 Å². The summed E-state index contributed by atoms with van der Waals surface area (Å²) in [6, 6.07) is 3.96. The molecule has 0 atom stereocenters. The molecule has 0 radical (unpaired) electrons. The fourth-order valence-corrected chi connectivity index (χ4v) is 1.62. The summed E-state index contributed by atoms with van der Waals surface area (Å²) >= 11 is 0. The second kappa shape index (κ2) is 4.99. The Balaban J connectivity index is 2.66. The lowest BCUT2D eigenvalue weighted by atomic mass is 10.2. The van der Waals surface area contributed by atoms with Gasteiger partial charge in [0.25, 0.3) is 0 Å². The summed E-state index contributed by atoms with van der Waals surface area (Å²) in [6.45, 7) is 2.31. The monoisotopic (exact) mass is 273 g/mol. The molecule has 0 saturated carbocycles. The maximum atomic E-state index is 13.6. The zero-order valence-electron chi connectivity index (χ0n) is 10.1. The molecular weight excluding hydrogens is 262 g/mol. The number of fused-ring (bicyclic) bond motifs is 1. The zero-order valence-corrected chi connectivity index (χ0v) is 10.1. The van der Waals surface area contributed by atoms with E-state index in [1.165, 1.54) is 12.1 Å². The van der Waals surface area contributed by atoms with E-state index in [0.717, 1.165) is 6.07 Å². The van der Waals surface area contributed by atoms with Gasteiger partial charge in [0.2, 0.25) is 5.82 Å². The highest BCUT2D eigenvalue weighted by atomic mass is 19.4. The number of alkyl halides is 3. The van der Waals surface area contributed by atoms with Gasteiger partial charge in [0.05, 0.1) is 0 Å². The second-order valence-corrected chi connectivity index (χ2v) is 3.96. The normalized spacial score (nSPS) is 11.8. The number of benzene rings is 1. The molecule has 0 aliphatic carbocycles. The number of anilines is 1. The number of nitrogens with zero attached hydrogens (tertiary/aromatic N) is 2. The minimum absolute atomic E-state index is 0.00123. The number of para-hydroxylation sites is 1. The molecule has 7 heteroatoms. The molecule has 1 aromatic carbocycles. The molecule has 2 aromatic rings. The lowest BCUT2D eigenvalue weighted by molar-refractivity contribution is -0.144. The van der Waals surface area contributed by atoms with Gasteiger partial charge in [-0.1, -0.05) is 13.0 Å². The van der Waals surface area contributed by atoms with Crippen molar-refractivity contribution in [3.63, 3.8) is 0 Å². The molecule has 0 unspecified atom stereocenters. The largest absolute Gasteiger partial charge is 0.451 e. The first-order valence-electron chi connectivity index (χ1n) is 5.71. The average molecular weight is 273 g/mol. The van der Waals surface area contributed by atoms with Crippen LogP contribution in [-0.4, -0.2) is 16.5 Å². The van der Waals surface area contributed by atoms with Crippen LogP contribution in [0.25, 0.3) is 10.9 Å². The van der Waals surface area contributed by atoms with Gasteiger partial charge in [-0.3, -0.25) is 0 Å². The number of halogens is 4. The highest BCUT2D eigenvalue weighted by Gasteiger charge is 2.35. The summed E-state index contributed by atoms with van der Waals surface area (Å²) in [4.78, 5) is 6.70. The lowest BCUT2D eigenvalue weighted by Crippen LogP contribution is -2.14. The molecule has 1 N–H and O–H groups in total. The van der Waals surface area contributed by atoms with Crippen molar-refractivity contribution < 1.29 is 17.6 Å². The van der Waals surface area contributed by atoms with E-state index in [0.29, 0.717) is 13.0 Å². The third-order valence-electron chi connectivity index (χ3n) is 2.47. The summed E-state index contributed by atoms with van der Waals surface area (Å²) in [5.74, 6) is -2.15. The van der Waals surface area contributed by atoms with Crippen molar-refractivity contribution in [2.24, 2.45) is 0 Å². The summed E-state index contributed by atoms with van der Waals surface area (Å²) < 4.78 is 51.6. The molecule has 0 bridgehead atoms. The van der Waals surface area contributed by atoms with Crippen molar-refractivity contribution in [2.45, 2.75) is 19.5 Å². The fourth-order valence-electron chi connectivity index (χ4n) is 1.62. The van der Waals surface area contributed by atoms with Gasteiger partial charge in [0.1, 0.15) is 17.2 Å². The molecule has 1 aromatic heterocycles. The summed E-state index contributed by atoms with van der Waals surface area (Å²) in [5, 5.41) is 3.00. The van der Waals surface area contributed by atoms with Crippen LogP contribution in [0.5, 0.6) is 0 Å². The van der Waals surface area contributed by atoms with Crippen LogP contribution in [0.1, 0.15) is 19.2 Å². The molecule has 0 amide bonds. The van der Waals surface area contributed by atoms with Crippen LogP contribution in [0.2, 0.25) is 0 Å². The lowest BCUT2D eigenvalue weighted by Gasteiger charge is -2.12. The van der Waals surface area contributed by atoms with Gasteiger partial charge in [-0.05, 0) is 18.6 Å². The Hall–Kier alpha value is -1.92. The van der Waals surface area contributed by atoms with E-state index in [-0.39, 0.29) is 16.7 Å². The van der Waals surface area contributed by atoms with Crippen molar-refractivity contribution in [3.8, 4) is 0 Å². The number of hydrogen-bond donors (Lipinski definition) is 1. The molecule has 0 saturated heterocycles. The highest BCUT2D eigenvalue weighted by molar-refractivity contribution is 5.89. The maximum absolute atomic E-state index is 13.6. The average Bonchev–Trinajstić information content (AvgIpc) is 2.35. The topological polar surface area (TPSA) is 37.8 Å². The summed E-state index contributed by atoms with van der Waals surface area (Å²) in [6.07, 6.45) is -4.00. The molecule has 19 heavy (non-hydrogen) atoms. The van der Waals surface area contributed by atoms with E-state index in [4.69, 9.17) is 0 Å². The number of rotatable bonds is 3. The fraction of sp³-hybridized carbons (Fsp3) is 0.333. The number of hydrogen-bond acceptors (Lipinski definition) is 3. The van der Waals surface area contributed by atoms with Crippen LogP contribution in [0.4, 0.5) is 23.4 Å². The Morgan fingerprint density at radius 3 is 2.58 bits per heavy atom. The van der Waals surface area contributed by atoms with Crippen LogP contribution >= 0.6 is 0 Å². The van der Waals surface area contributed by atoms with Crippen LogP contribution in [-0.2, 0) is 6.18 Å². The van der Waals surface area contributed by atoms with E-state index in [1.807, 2.05) is 6.92 Å². The molecule has 0 aliphatic rings. The van der Waals surface area contributed by atoms with Crippen LogP contribution < -0.4 is 5.32 Å². The van der Waals surface area contributed by atoms with E-state index in [9.17, 15) is 17.6 Å². The first-order valence-corrected chi connectivity index (χ1v) is 5.71. The van der Waals surface area contributed by atoms with E-state index < -0.39 is 17.8 Å². The highest BCUT2D eigenvalue weighted by Crippen LogP contribution is 2.31. The number of nitrogens with one attached hydrogen (secondary N) is 1. The van der Waals surface area contributed by atoms with Gasteiger partial charge in [0, 0.05) is 11.9 Å². The van der Waals surface area contributed by atoms with Gasteiger partial charge in [-0.2, -0.15) is 13.2 Å². The molecule has 0 fully saturated rings. The Labute approximate surface area is 106 Å². The third-order valence-corrected chi connectivity index (χ3v) is 2.47. The Kier molecular flexibility index (Phi) is 3.55. The first-order chi connectivity index (χ1) is 8.93. The van der Waals surface area contributed by atoms with Crippen LogP contribution in [0, 0.1) is 5.82 Å².